The lowest BCUT2D eigenvalue weighted by Gasteiger charge is -2.36. The number of rotatable bonds is 6. The summed E-state index contributed by atoms with van der Waals surface area (Å²) in [5.74, 6) is 0.0347. The average molecular weight is 353 g/mol. The third-order valence-electron chi connectivity index (χ3n) is 4.93. The molecule has 2 unspecified atom stereocenters. The number of carbonyl (C=O) groups is 1. The first-order chi connectivity index (χ1) is 11.3. The second-order valence-corrected chi connectivity index (χ2v) is 8.33. The summed E-state index contributed by atoms with van der Waals surface area (Å²) in [6.45, 7) is 7.74. The number of carbonyl (C=O) groups excluding carboxylic acids is 1. The van der Waals surface area contributed by atoms with E-state index in [0.29, 0.717) is 37.0 Å². The molecule has 24 heavy (non-hydrogen) atoms. The van der Waals surface area contributed by atoms with Crippen molar-refractivity contribution in [3.8, 4) is 0 Å². The highest BCUT2D eigenvalue weighted by Crippen LogP contribution is 2.23. The van der Waals surface area contributed by atoms with Gasteiger partial charge >= 0.3 is 0 Å². The highest BCUT2D eigenvalue weighted by molar-refractivity contribution is 7.89. The Balaban J connectivity index is 2.08. The summed E-state index contributed by atoms with van der Waals surface area (Å²) in [4.78, 5) is 13.5. The Morgan fingerprint density at radius 3 is 2.12 bits per heavy atom. The van der Waals surface area contributed by atoms with Gasteiger partial charge in [0, 0.05) is 26.2 Å². The molecule has 6 nitrogen and oxygen atoms in total. The standard InChI is InChI=1S/C17H27N3O3S/c1-4-13(2)15-5-7-16(8-6-15)24(22,23)20-11-9-19(10-12-20)14(3)17(18)21/h5-8,13-14H,4,9-12H2,1-3H3,(H2,18,21). The molecule has 0 spiro atoms. The van der Waals surface area contributed by atoms with Gasteiger partial charge in [0.1, 0.15) is 0 Å². The number of sulfonamides is 1. The third-order valence-corrected chi connectivity index (χ3v) is 6.84. The Morgan fingerprint density at radius 1 is 1.12 bits per heavy atom. The largest absolute Gasteiger partial charge is 0.368 e. The smallest absolute Gasteiger partial charge is 0.243 e. The van der Waals surface area contributed by atoms with Gasteiger partial charge in [-0.15, -0.1) is 0 Å². The molecule has 1 fully saturated rings. The maximum atomic E-state index is 12.8. The monoisotopic (exact) mass is 353 g/mol. The molecule has 2 rings (SSSR count). The van der Waals surface area contributed by atoms with Gasteiger partial charge < -0.3 is 5.73 Å². The van der Waals surface area contributed by atoms with Crippen molar-refractivity contribution in [2.75, 3.05) is 26.2 Å². The van der Waals surface area contributed by atoms with Crippen LogP contribution >= 0.6 is 0 Å². The summed E-state index contributed by atoms with van der Waals surface area (Å²) in [6.07, 6.45) is 1.02. The second kappa shape index (κ2) is 7.63. The van der Waals surface area contributed by atoms with E-state index in [1.165, 1.54) is 4.31 Å². The fraction of sp³-hybridized carbons (Fsp3) is 0.588. The van der Waals surface area contributed by atoms with Gasteiger partial charge in [0.05, 0.1) is 10.9 Å². The second-order valence-electron chi connectivity index (χ2n) is 6.40. The lowest BCUT2D eigenvalue weighted by atomic mass is 9.99. The fourth-order valence-corrected chi connectivity index (χ4v) is 4.29. The van der Waals surface area contributed by atoms with Gasteiger partial charge in [0.25, 0.3) is 0 Å². The molecule has 2 N–H and O–H groups in total. The predicted octanol–water partition coefficient (Wildman–Crippen LogP) is 1.38. The zero-order valence-electron chi connectivity index (χ0n) is 14.6. The van der Waals surface area contributed by atoms with Gasteiger partial charge in [-0.2, -0.15) is 4.31 Å². The van der Waals surface area contributed by atoms with Crippen molar-refractivity contribution < 1.29 is 13.2 Å². The van der Waals surface area contributed by atoms with Gasteiger partial charge in [-0.25, -0.2) is 8.42 Å². The van der Waals surface area contributed by atoms with E-state index in [1.54, 1.807) is 19.1 Å². The number of nitrogens with two attached hydrogens (primary N) is 1. The van der Waals surface area contributed by atoms with Gasteiger partial charge in [-0.3, -0.25) is 9.69 Å². The molecule has 0 aliphatic carbocycles. The summed E-state index contributed by atoms with van der Waals surface area (Å²) in [5, 5.41) is 0. The van der Waals surface area contributed by atoms with Crippen LogP contribution in [0.4, 0.5) is 0 Å². The Labute approximate surface area is 144 Å². The molecule has 1 aromatic rings. The van der Waals surface area contributed by atoms with E-state index in [9.17, 15) is 13.2 Å². The molecule has 1 heterocycles. The van der Waals surface area contributed by atoms with Crippen LogP contribution in [-0.4, -0.2) is 55.8 Å². The minimum absolute atomic E-state index is 0.325. The van der Waals surface area contributed by atoms with Gasteiger partial charge in [-0.1, -0.05) is 26.0 Å². The van der Waals surface area contributed by atoms with Crippen LogP contribution in [0.3, 0.4) is 0 Å². The normalized spacial score (nSPS) is 19.8. The van der Waals surface area contributed by atoms with E-state index in [1.807, 2.05) is 17.0 Å². The van der Waals surface area contributed by atoms with Gasteiger partial charge in [0.2, 0.25) is 15.9 Å². The number of primary amides is 1. The molecule has 1 aliphatic heterocycles. The van der Waals surface area contributed by atoms with Crippen molar-refractivity contribution in [1.29, 1.82) is 0 Å². The third kappa shape index (κ3) is 3.96. The van der Waals surface area contributed by atoms with Crippen molar-refractivity contribution in [1.82, 2.24) is 9.21 Å². The molecular weight excluding hydrogens is 326 g/mol. The van der Waals surface area contributed by atoms with Crippen molar-refractivity contribution in [2.45, 2.75) is 44.0 Å². The lowest BCUT2D eigenvalue weighted by molar-refractivity contribution is -0.123. The zero-order valence-corrected chi connectivity index (χ0v) is 15.4. The molecular formula is C17H27N3O3S. The van der Waals surface area contributed by atoms with Crippen LogP contribution in [0.15, 0.2) is 29.2 Å². The van der Waals surface area contributed by atoms with Crippen LogP contribution in [0.5, 0.6) is 0 Å². The Morgan fingerprint density at radius 2 is 1.67 bits per heavy atom. The molecule has 1 aliphatic rings. The average Bonchev–Trinajstić information content (AvgIpc) is 2.60. The van der Waals surface area contributed by atoms with E-state index in [4.69, 9.17) is 5.73 Å². The van der Waals surface area contributed by atoms with Crippen LogP contribution in [0.25, 0.3) is 0 Å². The summed E-state index contributed by atoms with van der Waals surface area (Å²) in [6, 6.07) is 6.80. The summed E-state index contributed by atoms with van der Waals surface area (Å²) >= 11 is 0. The zero-order chi connectivity index (χ0) is 17.9. The van der Waals surface area contributed by atoms with E-state index < -0.39 is 10.0 Å². The SMILES string of the molecule is CCC(C)c1ccc(S(=O)(=O)N2CCN(C(C)C(N)=O)CC2)cc1. The highest BCUT2D eigenvalue weighted by Gasteiger charge is 2.31. The van der Waals surface area contributed by atoms with E-state index in [2.05, 4.69) is 13.8 Å². The highest BCUT2D eigenvalue weighted by atomic mass is 32.2. The molecule has 134 valence electrons. The molecule has 0 aromatic heterocycles. The Hall–Kier alpha value is -1.44. The van der Waals surface area contributed by atoms with E-state index in [-0.39, 0.29) is 11.9 Å². The lowest BCUT2D eigenvalue weighted by Crippen LogP contribution is -2.54. The minimum Gasteiger partial charge on any atom is -0.368 e. The van der Waals surface area contributed by atoms with Gasteiger partial charge in [-0.05, 0) is 37.0 Å². The first-order valence-electron chi connectivity index (χ1n) is 8.40. The topological polar surface area (TPSA) is 83.7 Å². The number of hydrogen-bond acceptors (Lipinski definition) is 4. The number of nitrogens with zero attached hydrogens (tertiary/aromatic N) is 2. The quantitative estimate of drug-likeness (QED) is 0.837. The molecule has 0 radical (unpaired) electrons. The fourth-order valence-electron chi connectivity index (χ4n) is 2.86. The number of hydrogen-bond donors (Lipinski definition) is 1. The Bertz CT molecular complexity index is 665. The Kier molecular flexibility index (Phi) is 6.01. The molecule has 1 aromatic carbocycles. The number of benzene rings is 1. The molecule has 7 heteroatoms. The van der Waals surface area contributed by atoms with E-state index in [0.717, 1.165) is 12.0 Å². The van der Waals surface area contributed by atoms with Crippen molar-refractivity contribution in [3.05, 3.63) is 29.8 Å². The predicted molar refractivity (Wildman–Crippen MR) is 94.1 cm³/mol. The van der Waals surface area contributed by atoms with Crippen LogP contribution in [0.2, 0.25) is 0 Å². The molecule has 0 saturated carbocycles. The number of amides is 1. The van der Waals surface area contributed by atoms with Gasteiger partial charge in [0.15, 0.2) is 0 Å². The summed E-state index contributed by atoms with van der Waals surface area (Å²) in [5.41, 5.74) is 6.47. The summed E-state index contributed by atoms with van der Waals surface area (Å²) in [7, 11) is -3.49. The first kappa shape index (κ1) is 18.9. The summed E-state index contributed by atoms with van der Waals surface area (Å²) < 4.78 is 27.0. The molecule has 0 bridgehead atoms. The minimum atomic E-state index is -3.49. The van der Waals surface area contributed by atoms with Crippen LogP contribution in [-0.2, 0) is 14.8 Å². The van der Waals surface area contributed by atoms with Crippen LogP contribution < -0.4 is 5.73 Å². The molecule has 1 amide bonds. The maximum absolute atomic E-state index is 12.8. The molecule has 1 saturated heterocycles. The molecule has 2 atom stereocenters. The van der Waals surface area contributed by atoms with Crippen molar-refractivity contribution in [2.24, 2.45) is 5.73 Å². The van der Waals surface area contributed by atoms with E-state index >= 15 is 0 Å². The first-order valence-corrected chi connectivity index (χ1v) is 9.84. The number of piperazine rings is 1. The van der Waals surface area contributed by atoms with Crippen molar-refractivity contribution in [3.63, 3.8) is 0 Å². The van der Waals surface area contributed by atoms with Crippen LogP contribution in [0.1, 0.15) is 38.7 Å². The maximum Gasteiger partial charge on any atom is 0.243 e. The van der Waals surface area contributed by atoms with Crippen molar-refractivity contribution >= 4 is 15.9 Å². The van der Waals surface area contributed by atoms with Crippen LogP contribution in [0, 0.1) is 0 Å².